The van der Waals surface area contributed by atoms with Crippen molar-refractivity contribution in [3.8, 4) is 0 Å². The Hall–Kier alpha value is -1.59. The SMILES string of the molecule is CC(C)(CNC(=O)CC(O)c1ccc(Cl)cc1)C(N)=O. The first kappa shape index (κ1) is 16.5. The van der Waals surface area contributed by atoms with Crippen molar-refractivity contribution in [1.82, 2.24) is 5.32 Å². The summed E-state index contributed by atoms with van der Waals surface area (Å²) >= 11 is 5.75. The van der Waals surface area contributed by atoms with Gasteiger partial charge in [-0.2, -0.15) is 0 Å². The van der Waals surface area contributed by atoms with Gasteiger partial charge in [0, 0.05) is 11.6 Å². The van der Waals surface area contributed by atoms with Crippen molar-refractivity contribution in [1.29, 1.82) is 0 Å². The molecule has 0 spiro atoms. The lowest BCUT2D eigenvalue weighted by Gasteiger charge is -2.21. The second-order valence-electron chi connectivity index (χ2n) is 5.30. The molecule has 20 heavy (non-hydrogen) atoms. The Morgan fingerprint density at radius 3 is 2.40 bits per heavy atom. The van der Waals surface area contributed by atoms with Gasteiger partial charge in [-0.15, -0.1) is 0 Å². The van der Waals surface area contributed by atoms with Crippen LogP contribution in [0.15, 0.2) is 24.3 Å². The van der Waals surface area contributed by atoms with Crippen LogP contribution in [0.3, 0.4) is 0 Å². The summed E-state index contributed by atoms with van der Waals surface area (Å²) in [5, 5.41) is 13.1. The molecule has 0 saturated carbocycles. The van der Waals surface area contributed by atoms with Gasteiger partial charge in [0.2, 0.25) is 11.8 Å². The van der Waals surface area contributed by atoms with Crippen LogP contribution in [0.25, 0.3) is 0 Å². The Balaban J connectivity index is 2.50. The van der Waals surface area contributed by atoms with Crippen LogP contribution in [-0.2, 0) is 9.59 Å². The van der Waals surface area contributed by atoms with Gasteiger partial charge >= 0.3 is 0 Å². The maximum atomic E-state index is 11.7. The zero-order chi connectivity index (χ0) is 15.3. The van der Waals surface area contributed by atoms with Gasteiger partial charge in [0.1, 0.15) is 0 Å². The summed E-state index contributed by atoms with van der Waals surface area (Å²) in [6, 6.07) is 6.61. The van der Waals surface area contributed by atoms with E-state index >= 15 is 0 Å². The molecule has 0 aromatic heterocycles. The van der Waals surface area contributed by atoms with Crippen LogP contribution in [0.4, 0.5) is 0 Å². The Labute approximate surface area is 123 Å². The number of carbonyl (C=O) groups excluding carboxylic acids is 2. The molecule has 0 aliphatic heterocycles. The molecule has 4 N–H and O–H groups in total. The van der Waals surface area contributed by atoms with Gasteiger partial charge in [0.25, 0.3) is 0 Å². The number of rotatable bonds is 6. The van der Waals surface area contributed by atoms with Crippen LogP contribution in [0.2, 0.25) is 5.02 Å². The normalized spacial score (nSPS) is 12.8. The molecule has 0 bridgehead atoms. The van der Waals surface area contributed by atoms with E-state index in [0.717, 1.165) is 0 Å². The van der Waals surface area contributed by atoms with Crippen LogP contribution in [0.1, 0.15) is 31.9 Å². The molecule has 1 unspecified atom stereocenters. The van der Waals surface area contributed by atoms with E-state index in [9.17, 15) is 14.7 Å². The molecular weight excluding hydrogens is 280 g/mol. The van der Waals surface area contributed by atoms with Crippen LogP contribution in [0, 0.1) is 5.41 Å². The maximum Gasteiger partial charge on any atom is 0.224 e. The predicted molar refractivity (Wildman–Crippen MR) is 77.0 cm³/mol. The fourth-order valence-electron chi connectivity index (χ4n) is 1.46. The number of hydrogen-bond donors (Lipinski definition) is 3. The number of carbonyl (C=O) groups is 2. The monoisotopic (exact) mass is 298 g/mol. The molecular formula is C14H19ClN2O3. The van der Waals surface area contributed by atoms with E-state index < -0.39 is 17.4 Å². The minimum absolute atomic E-state index is 0.0868. The largest absolute Gasteiger partial charge is 0.388 e. The van der Waals surface area contributed by atoms with Crippen molar-refractivity contribution in [3.05, 3.63) is 34.9 Å². The molecule has 2 amide bonds. The smallest absolute Gasteiger partial charge is 0.224 e. The van der Waals surface area contributed by atoms with Crippen molar-refractivity contribution in [3.63, 3.8) is 0 Å². The third-order valence-corrected chi connectivity index (χ3v) is 3.28. The van der Waals surface area contributed by atoms with Crippen LogP contribution >= 0.6 is 11.6 Å². The number of benzene rings is 1. The van der Waals surface area contributed by atoms with Crippen molar-refractivity contribution in [2.45, 2.75) is 26.4 Å². The highest BCUT2D eigenvalue weighted by Gasteiger charge is 2.25. The molecule has 110 valence electrons. The number of nitrogens with one attached hydrogen (secondary N) is 1. The van der Waals surface area contributed by atoms with E-state index in [1.807, 2.05) is 0 Å². The average molecular weight is 299 g/mol. The molecule has 0 saturated heterocycles. The molecule has 0 aliphatic carbocycles. The fourth-order valence-corrected chi connectivity index (χ4v) is 1.58. The molecule has 0 radical (unpaired) electrons. The summed E-state index contributed by atoms with van der Waals surface area (Å²) in [5.74, 6) is -0.835. The van der Waals surface area contributed by atoms with Gasteiger partial charge in [-0.05, 0) is 31.5 Å². The van der Waals surface area contributed by atoms with Gasteiger partial charge in [-0.25, -0.2) is 0 Å². The molecule has 0 heterocycles. The summed E-state index contributed by atoms with van der Waals surface area (Å²) in [6.07, 6.45) is -1.000. The molecule has 1 aromatic rings. The lowest BCUT2D eigenvalue weighted by Crippen LogP contribution is -2.42. The van der Waals surface area contributed by atoms with Gasteiger partial charge in [0.15, 0.2) is 0 Å². The summed E-state index contributed by atoms with van der Waals surface area (Å²) in [7, 11) is 0. The Morgan fingerprint density at radius 1 is 1.35 bits per heavy atom. The van der Waals surface area contributed by atoms with Crippen LogP contribution in [-0.4, -0.2) is 23.5 Å². The highest BCUT2D eigenvalue weighted by atomic mass is 35.5. The quantitative estimate of drug-likeness (QED) is 0.741. The van der Waals surface area contributed by atoms with Crippen molar-refractivity contribution >= 4 is 23.4 Å². The summed E-state index contributed by atoms with van der Waals surface area (Å²) < 4.78 is 0. The first-order valence-electron chi connectivity index (χ1n) is 6.22. The number of aliphatic hydroxyl groups is 1. The van der Waals surface area contributed by atoms with Gasteiger partial charge in [-0.1, -0.05) is 23.7 Å². The maximum absolute atomic E-state index is 11.7. The summed E-state index contributed by atoms with van der Waals surface area (Å²) in [5.41, 5.74) is 5.00. The van der Waals surface area contributed by atoms with E-state index in [1.165, 1.54) is 0 Å². The molecule has 1 aromatic carbocycles. The molecule has 0 aliphatic rings. The van der Waals surface area contributed by atoms with Crippen LogP contribution < -0.4 is 11.1 Å². The highest BCUT2D eigenvalue weighted by Crippen LogP contribution is 2.19. The van der Waals surface area contributed by atoms with Crippen molar-refractivity contribution in [2.24, 2.45) is 11.1 Å². The number of hydrogen-bond acceptors (Lipinski definition) is 3. The zero-order valence-electron chi connectivity index (χ0n) is 11.5. The third kappa shape index (κ3) is 4.83. The Morgan fingerprint density at radius 2 is 1.90 bits per heavy atom. The molecule has 1 rings (SSSR count). The highest BCUT2D eigenvalue weighted by molar-refractivity contribution is 6.30. The van der Waals surface area contributed by atoms with Crippen molar-refractivity contribution in [2.75, 3.05) is 6.54 Å². The first-order valence-corrected chi connectivity index (χ1v) is 6.60. The fraction of sp³-hybridized carbons (Fsp3) is 0.429. The van der Waals surface area contributed by atoms with E-state index in [2.05, 4.69) is 5.32 Å². The standard InChI is InChI=1S/C14H19ClN2O3/c1-14(2,13(16)20)8-17-12(19)7-11(18)9-3-5-10(15)6-4-9/h3-6,11,18H,7-8H2,1-2H3,(H2,16,20)(H,17,19). The van der Waals surface area contributed by atoms with Gasteiger partial charge in [0.05, 0.1) is 17.9 Å². The lowest BCUT2D eigenvalue weighted by molar-refractivity contribution is -0.127. The van der Waals surface area contributed by atoms with Gasteiger partial charge < -0.3 is 16.2 Å². The lowest BCUT2D eigenvalue weighted by atomic mass is 9.92. The summed E-state index contributed by atoms with van der Waals surface area (Å²) in [4.78, 5) is 22.8. The summed E-state index contributed by atoms with van der Waals surface area (Å²) in [6.45, 7) is 3.42. The number of primary amides is 1. The van der Waals surface area contributed by atoms with Crippen LogP contribution in [0.5, 0.6) is 0 Å². The van der Waals surface area contributed by atoms with E-state index in [1.54, 1.807) is 38.1 Å². The number of halogens is 1. The Kier molecular flexibility index (Phi) is 5.53. The predicted octanol–water partition coefficient (Wildman–Crippen LogP) is 1.39. The second kappa shape index (κ2) is 6.72. The minimum atomic E-state index is -0.913. The molecule has 1 atom stereocenters. The van der Waals surface area contributed by atoms with E-state index in [4.69, 9.17) is 17.3 Å². The minimum Gasteiger partial charge on any atom is -0.388 e. The van der Waals surface area contributed by atoms with E-state index in [0.29, 0.717) is 10.6 Å². The topological polar surface area (TPSA) is 92.4 Å². The first-order chi connectivity index (χ1) is 9.22. The molecule has 0 fully saturated rings. The second-order valence-corrected chi connectivity index (χ2v) is 5.73. The zero-order valence-corrected chi connectivity index (χ0v) is 12.3. The number of amides is 2. The number of nitrogens with two attached hydrogens (primary N) is 1. The van der Waals surface area contributed by atoms with Gasteiger partial charge in [-0.3, -0.25) is 9.59 Å². The van der Waals surface area contributed by atoms with Crippen molar-refractivity contribution < 1.29 is 14.7 Å². The average Bonchev–Trinajstić information content (AvgIpc) is 2.37. The van der Waals surface area contributed by atoms with E-state index in [-0.39, 0.29) is 18.9 Å². The Bertz CT molecular complexity index is 486. The molecule has 6 heteroatoms. The number of aliphatic hydroxyl groups excluding tert-OH is 1. The molecule has 5 nitrogen and oxygen atoms in total. The third-order valence-electron chi connectivity index (χ3n) is 3.03.